The molecule has 0 fully saturated rings. The number of hydrogen-bond acceptors (Lipinski definition) is 4. The van der Waals surface area contributed by atoms with Crippen molar-refractivity contribution in [3.8, 4) is 0 Å². The molecule has 0 aromatic carbocycles. The van der Waals surface area contributed by atoms with Crippen LogP contribution in [0.25, 0.3) is 0 Å². The lowest BCUT2D eigenvalue weighted by Crippen LogP contribution is -2.43. The van der Waals surface area contributed by atoms with Gasteiger partial charge in [-0.1, -0.05) is 26.5 Å². The molecular formula is C13H21NO5. The van der Waals surface area contributed by atoms with Gasteiger partial charge in [0.05, 0.1) is 12.3 Å². The number of esters is 1. The van der Waals surface area contributed by atoms with Gasteiger partial charge in [-0.2, -0.15) is 0 Å². The van der Waals surface area contributed by atoms with Crippen LogP contribution in [0.1, 0.15) is 27.2 Å². The van der Waals surface area contributed by atoms with Crippen LogP contribution in [-0.4, -0.2) is 35.6 Å². The third-order valence-corrected chi connectivity index (χ3v) is 2.62. The molecule has 19 heavy (non-hydrogen) atoms. The van der Waals surface area contributed by atoms with E-state index < -0.39 is 29.8 Å². The summed E-state index contributed by atoms with van der Waals surface area (Å²) in [5.74, 6) is -2.79. The summed E-state index contributed by atoms with van der Waals surface area (Å²) in [4.78, 5) is 34.1. The van der Waals surface area contributed by atoms with E-state index in [1.165, 1.54) is 13.0 Å². The van der Waals surface area contributed by atoms with Gasteiger partial charge in [0.2, 0.25) is 5.91 Å². The van der Waals surface area contributed by atoms with E-state index in [1.54, 1.807) is 13.8 Å². The van der Waals surface area contributed by atoms with Crippen molar-refractivity contribution in [2.24, 2.45) is 11.8 Å². The Morgan fingerprint density at radius 2 is 1.89 bits per heavy atom. The molecule has 0 unspecified atom stereocenters. The van der Waals surface area contributed by atoms with Crippen LogP contribution in [0.2, 0.25) is 0 Å². The second-order valence-corrected chi connectivity index (χ2v) is 4.59. The number of rotatable bonds is 8. The molecule has 2 N–H and O–H groups in total. The topological polar surface area (TPSA) is 92.7 Å². The minimum absolute atomic E-state index is 0.0797. The summed E-state index contributed by atoms with van der Waals surface area (Å²) in [5.41, 5.74) is 0. The normalized spacial score (nSPS) is 13.5. The van der Waals surface area contributed by atoms with Gasteiger partial charge >= 0.3 is 11.9 Å². The molecule has 0 aliphatic carbocycles. The van der Waals surface area contributed by atoms with Gasteiger partial charge in [-0.05, 0) is 12.8 Å². The van der Waals surface area contributed by atoms with E-state index in [0.717, 1.165) is 0 Å². The summed E-state index contributed by atoms with van der Waals surface area (Å²) in [6.45, 7) is 8.46. The van der Waals surface area contributed by atoms with E-state index in [4.69, 9.17) is 9.84 Å². The number of carbonyl (C=O) groups is 3. The predicted molar refractivity (Wildman–Crippen MR) is 69.3 cm³/mol. The lowest BCUT2D eigenvalue weighted by atomic mass is 9.91. The molecule has 0 rings (SSSR count). The molecule has 0 aromatic heterocycles. The molecule has 108 valence electrons. The molecular weight excluding hydrogens is 250 g/mol. The molecule has 0 saturated carbocycles. The van der Waals surface area contributed by atoms with Gasteiger partial charge in [0.25, 0.3) is 0 Å². The Kier molecular flexibility index (Phi) is 7.48. The molecule has 0 bridgehead atoms. The van der Waals surface area contributed by atoms with Crippen molar-refractivity contribution in [2.75, 3.05) is 6.61 Å². The van der Waals surface area contributed by atoms with Crippen LogP contribution in [0.3, 0.4) is 0 Å². The summed E-state index contributed by atoms with van der Waals surface area (Å²) >= 11 is 0. The first-order chi connectivity index (χ1) is 8.79. The van der Waals surface area contributed by atoms with Crippen molar-refractivity contribution in [2.45, 2.75) is 33.2 Å². The third kappa shape index (κ3) is 6.59. The maximum absolute atomic E-state index is 11.9. The lowest BCUT2D eigenvalue weighted by Gasteiger charge is -2.20. The van der Waals surface area contributed by atoms with Gasteiger partial charge in [-0.15, -0.1) is 0 Å². The molecule has 0 aromatic rings. The summed E-state index contributed by atoms with van der Waals surface area (Å²) in [6.07, 6.45) is 1.36. The van der Waals surface area contributed by atoms with Crippen LogP contribution in [0.4, 0.5) is 0 Å². The molecule has 6 heteroatoms. The minimum atomic E-state index is -1.12. The average molecular weight is 271 g/mol. The Bertz CT molecular complexity index is 351. The number of carbonyl (C=O) groups excluding carboxylic acids is 2. The average Bonchev–Trinajstić information content (AvgIpc) is 2.32. The van der Waals surface area contributed by atoms with Crippen LogP contribution in [0.15, 0.2) is 12.7 Å². The highest BCUT2D eigenvalue weighted by Gasteiger charge is 2.27. The fourth-order valence-corrected chi connectivity index (χ4v) is 1.40. The molecule has 0 heterocycles. The highest BCUT2D eigenvalue weighted by Crippen LogP contribution is 2.16. The zero-order valence-electron chi connectivity index (χ0n) is 11.5. The van der Waals surface area contributed by atoms with Crippen molar-refractivity contribution in [1.82, 2.24) is 5.32 Å². The highest BCUT2D eigenvalue weighted by molar-refractivity contribution is 5.87. The van der Waals surface area contributed by atoms with Crippen molar-refractivity contribution in [3.05, 3.63) is 12.7 Å². The van der Waals surface area contributed by atoms with Gasteiger partial charge < -0.3 is 15.2 Å². The van der Waals surface area contributed by atoms with Gasteiger partial charge in [0.15, 0.2) is 0 Å². The van der Waals surface area contributed by atoms with Crippen LogP contribution in [0, 0.1) is 11.8 Å². The first-order valence-corrected chi connectivity index (χ1v) is 6.09. The molecule has 0 saturated heterocycles. The molecule has 6 nitrogen and oxygen atoms in total. The van der Waals surface area contributed by atoms with Crippen molar-refractivity contribution < 1.29 is 24.2 Å². The zero-order chi connectivity index (χ0) is 15.0. The van der Waals surface area contributed by atoms with Crippen LogP contribution in [0.5, 0.6) is 0 Å². The number of hydrogen-bond donors (Lipinski definition) is 2. The van der Waals surface area contributed by atoms with E-state index in [-0.39, 0.29) is 18.9 Å². The Morgan fingerprint density at radius 3 is 2.32 bits per heavy atom. The van der Waals surface area contributed by atoms with E-state index in [2.05, 4.69) is 11.9 Å². The third-order valence-electron chi connectivity index (χ3n) is 2.62. The number of amides is 1. The van der Waals surface area contributed by atoms with Crippen LogP contribution >= 0.6 is 0 Å². The zero-order valence-corrected chi connectivity index (χ0v) is 11.5. The standard InChI is InChI=1S/C13H21NO5/c1-5-6-19-11(15)7-10(8(2)3)12(16)14-9(4)13(17)18/h5,8-10H,1,6-7H2,2-4H3,(H,14,16)(H,17,18)/t9-,10-/m0/s1. The Balaban J connectivity index is 4.55. The number of ether oxygens (including phenoxy) is 1. The number of carboxylic acids is 1. The number of carboxylic acid groups (broad SMARTS) is 1. The van der Waals surface area contributed by atoms with Crippen molar-refractivity contribution in [1.29, 1.82) is 0 Å². The summed E-state index contributed by atoms with van der Waals surface area (Å²) in [7, 11) is 0. The molecule has 0 radical (unpaired) electrons. The molecule has 2 atom stereocenters. The smallest absolute Gasteiger partial charge is 0.325 e. The van der Waals surface area contributed by atoms with E-state index in [9.17, 15) is 14.4 Å². The second kappa shape index (κ2) is 8.29. The SMILES string of the molecule is C=CCOC(=O)C[C@H](C(=O)N[C@@H](C)C(=O)O)C(C)C. The van der Waals surface area contributed by atoms with E-state index in [1.807, 2.05) is 0 Å². The first kappa shape index (κ1) is 17.2. The van der Waals surface area contributed by atoms with Gasteiger partial charge in [-0.25, -0.2) is 0 Å². The second-order valence-electron chi connectivity index (χ2n) is 4.59. The first-order valence-electron chi connectivity index (χ1n) is 6.09. The quantitative estimate of drug-likeness (QED) is 0.507. The van der Waals surface area contributed by atoms with E-state index >= 15 is 0 Å². The Morgan fingerprint density at radius 1 is 1.32 bits per heavy atom. The number of aliphatic carboxylic acids is 1. The minimum Gasteiger partial charge on any atom is -0.480 e. The monoisotopic (exact) mass is 271 g/mol. The van der Waals surface area contributed by atoms with Crippen molar-refractivity contribution >= 4 is 17.8 Å². The number of nitrogens with one attached hydrogen (secondary N) is 1. The van der Waals surface area contributed by atoms with Gasteiger partial charge in [-0.3, -0.25) is 14.4 Å². The van der Waals surface area contributed by atoms with Crippen LogP contribution < -0.4 is 5.32 Å². The molecule has 0 aliphatic rings. The Hall–Kier alpha value is -1.85. The van der Waals surface area contributed by atoms with Crippen molar-refractivity contribution in [3.63, 3.8) is 0 Å². The highest BCUT2D eigenvalue weighted by atomic mass is 16.5. The fourth-order valence-electron chi connectivity index (χ4n) is 1.40. The Labute approximate surface area is 112 Å². The maximum atomic E-state index is 11.9. The van der Waals surface area contributed by atoms with Crippen LogP contribution in [-0.2, 0) is 19.1 Å². The predicted octanol–water partition coefficient (Wildman–Crippen LogP) is 0.967. The van der Waals surface area contributed by atoms with Gasteiger partial charge in [0, 0.05) is 0 Å². The van der Waals surface area contributed by atoms with Gasteiger partial charge in [0.1, 0.15) is 12.6 Å². The summed E-state index contributed by atoms with van der Waals surface area (Å²) in [5, 5.41) is 11.1. The summed E-state index contributed by atoms with van der Waals surface area (Å²) < 4.78 is 4.82. The molecule has 0 spiro atoms. The maximum Gasteiger partial charge on any atom is 0.325 e. The molecule has 0 aliphatic heterocycles. The summed E-state index contributed by atoms with van der Waals surface area (Å²) in [6, 6.07) is -0.988. The lowest BCUT2D eigenvalue weighted by molar-refractivity contribution is -0.147. The molecule has 1 amide bonds. The largest absolute Gasteiger partial charge is 0.480 e. The van der Waals surface area contributed by atoms with E-state index in [0.29, 0.717) is 0 Å². The fraction of sp³-hybridized carbons (Fsp3) is 0.615.